The second-order valence-electron chi connectivity index (χ2n) is 15.0. The number of amides is 2. The van der Waals surface area contributed by atoms with Crippen LogP contribution in [0.1, 0.15) is 86.8 Å². The van der Waals surface area contributed by atoms with Gasteiger partial charge >= 0.3 is 0 Å². The zero-order chi connectivity index (χ0) is 34.9. The maximum atomic E-state index is 15.7. The van der Waals surface area contributed by atoms with Crippen molar-refractivity contribution in [1.29, 1.82) is 0 Å². The molecule has 3 atom stereocenters. The lowest BCUT2D eigenvalue weighted by Crippen LogP contribution is -2.56. The number of hydrogen-bond donors (Lipinski definition) is 1. The average molecular weight is 687 g/mol. The zero-order valence-corrected chi connectivity index (χ0v) is 29.3. The SMILES string of the molecule is CC(C)c1ccc(-c2ccc(Oc3cc(C(=O)NC4CCN(C5CCN(C6CC6)CC5)CC4F)c(F)cc3CN3C[C@@H](C)CC3=O)cc2)nn1. The molecule has 4 aliphatic rings. The van der Waals surface area contributed by atoms with E-state index in [1.54, 1.807) is 17.0 Å². The summed E-state index contributed by atoms with van der Waals surface area (Å²) in [4.78, 5) is 32.7. The summed E-state index contributed by atoms with van der Waals surface area (Å²) in [5.74, 6) is -0.210. The summed E-state index contributed by atoms with van der Waals surface area (Å²) in [7, 11) is 0. The largest absolute Gasteiger partial charge is 0.457 e. The Morgan fingerprint density at radius 3 is 2.28 bits per heavy atom. The highest BCUT2D eigenvalue weighted by Gasteiger charge is 2.38. The summed E-state index contributed by atoms with van der Waals surface area (Å²) in [5.41, 5.74) is 2.72. The third-order valence-electron chi connectivity index (χ3n) is 10.8. The molecule has 2 unspecified atom stereocenters. The van der Waals surface area contributed by atoms with Crippen LogP contribution in [0.5, 0.6) is 11.5 Å². The molecule has 2 aromatic carbocycles. The fraction of sp³-hybridized carbons (Fsp3) is 0.538. The topological polar surface area (TPSA) is 90.9 Å². The Labute approximate surface area is 293 Å². The molecule has 4 heterocycles. The molecule has 1 aliphatic carbocycles. The molecule has 1 saturated carbocycles. The highest BCUT2D eigenvalue weighted by molar-refractivity contribution is 5.95. The van der Waals surface area contributed by atoms with Gasteiger partial charge in [0.2, 0.25) is 5.91 Å². The van der Waals surface area contributed by atoms with Crippen LogP contribution in [0, 0.1) is 11.7 Å². The molecule has 3 aliphatic heterocycles. The van der Waals surface area contributed by atoms with Crippen LogP contribution in [-0.2, 0) is 11.3 Å². The summed E-state index contributed by atoms with van der Waals surface area (Å²) in [6.45, 7) is 9.94. The third kappa shape index (κ3) is 7.84. The number of hydrogen-bond acceptors (Lipinski definition) is 7. The van der Waals surface area contributed by atoms with Gasteiger partial charge in [-0.2, -0.15) is 10.2 Å². The fourth-order valence-electron chi connectivity index (χ4n) is 7.66. The van der Waals surface area contributed by atoms with Gasteiger partial charge in [0.25, 0.3) is 5.91 Å². The minimum absolute atomic E-state index is 0.00609. The molecular weight excluding hydrogens is 638 g/mol. The van der Waals surface area contributed by atoms with Crippen molar-refractivity contribution < 1.29 is 23.1 Å². The van der Waals surface area contributed by atoms with E-state index in [4.69, 9.17) is 4.74 Å². The normalized spacial score (nSPS) is 23.8. The van der Waals surface area contributed by atoms with Crippen molar-refractivity contribution in [3.05, 3.63) is 71.2 Å². The van der Waals surface area contributed by atoms with Crippen LogP contribution >= 0.6 is 0 Å². The number of aromatic nitrogens is 2. The predicted octanol–water partition coefficient (Wildman–Crippen LogP) is 6.34. The second-order valence-corrected chi connectivity index (χ2v) is 15.0. The number of alkyl halides is 1. The van der Waals surface area contributed by atoms with Crippen LogP contribution in [0.25, 0.3) is 11.3 Å². The molecule has 7 rings (SSSR count). The van der Waals surface area contributed by atoms with E-state index in [0.717, 1.165) is 48.9 Å². The number of likely N-dealkylation sites (tertiary alicyclic amines) is 3. The van der Waals surface area contributed by atoms with E-state index >= 15 is 8.78 Å². The van der Waals surface area contributed by atoms with Crippen LogP contribution in [-0.4, -0.2) is 93.7 Å². The number of rotatable bonds is 10. The van der Waals surface area contributed by atoms with Crippen molar-refractivity contribution >= 4 is 11.8 Å². The molecule has 1 N–H and O–H groups in total. The van der Waals surface area contributed by atoms with Gasteiger partial charge < -0.3 is 19.9 Å². The molecule has 4 fully saturated rings. The van der Waals surface area contributed by atoms with E-state index in [1.165, 1.54) is 25.0 Å². The molecular formula is C39H48F2N6O3. The van der Waals surface area contributed by atoms with Gasteiger partial charge in [-0.05, 0) is 106 Å². The van der Waals surface area contributed by atoms with Crippen molar-refractivity contribution in [3.63, 3.8) is 0 Å². The van der Waals surface area contributed by atoms with Crippen molar-refractivity contribution in [2.45, 2.75) is 96.1 Å². The summed E-state index contributed by atoms with van der Waals surface area (Å²) < 4.78 is 37.5. The molecule has 1 aromatic heterocycles. The van der Waals surface area contributed by atoms with Gasteiger partial charge in [-0.1, -0.05) is 20.8 Å². The zero-order valence-electron chi connectivity index (χ0n) is 29.3. The molecule has 3 saturated heterocycles. The van der Waals surface area contributed by atoms with Crippen molar-refractivity contribution in [2.75, 3.05) is 32.7 Å². The Bertz CT molecular complexity index is 1670. The van der Waals surface area contributed by atoms with Crippen LogP contribution in [0.4, 0.5) is 8.78 Å². The van der Waals surface area contributed by atoms with E-state index < -0.39 is 23.9 Å². The number of carbonyl (C=O) groups excluding carboxylic acids is 2. The highest BCUT2D eigenvalue weighted by atomic mass is 19.1. The molecule has 11 heteroatoms. The number of halogens is 2. The summed E-state index contributed by atoms with van der Waals surface area (Å²) >= 11 is 0. The van der Waals surface area contributed by atoms with Crippen LogP contribution in [0.2, 0.25) is 0 Å². The van der Waals surface area contributed by atoms with Crippen LogP contribution in [0.3, 0.4) is 0 Å². The first-order chi connectivity index (χ1) is 24.1. The van der Waals surface area contributed by atoms with Gasteiger partial charge in [-0.15, -0.1) is 0 Å². The van der Waals surface area contributed by atoms with Gasteiger partial charge in [0.15, 0.2) is 0 Å². The quantitative estimate of drug-likeness (QED) is 0.267. The number of nitrogens with one attached hydrogen (secondary N) is 1. The first kappa shape index (κ1) is 34.5. The molecule has 0 radical (unpaired) electrons. The van der Waals surface area contributed by atoms with Crippen molar-refractivity contribution in [3.8, 4) is 22.8 Å². The number of nitrogens with zero attached hydrogens (tertiary/aromatic N) is 5. The predicted molar refractivity (Wildman–Crippen MR) is 187 cm³/mol. The fourth-order valence-corrected chi connectivity index (χ4v) is 7.66. The van der Waals surface area contributed by atoms with Gasteiger partial charge in [0.05, 0.1) is 23.0 Å². The third-order valence-corrected chi connectivity index (χ3v) is 10.8. The molecule has 0 bridgehead atoms. The van der Waals surface area contributed by atoms with Crippen LogP contribution < -0.4 is 10.1 Å². The maximum Gasteiger partial charge on any atom is 0.254 e. The number of carbonyl (C=O) groups is 2. The molecule has 0 spiro atoms. The highest BCUT2D eigenvalue weighted by Crippen LogP contribution is 2.34. The van der Waals surface area contributed by atoms with E-state index in [1.807, 2.05) is 31.2 Å². The van der Waals surface area contributed by atoms with Gasteiger partial charge in [-0.3, -0.25) is 14.5 Å². The molecule has 9 nitrogen and oxygen atoms in total. The molecule has 50 heavy (non-hydrogen) atoms. The minimum Gasteiger partial charge on any atom is -0.457 e. The van der Waals surface area contributed by atoms with Crippen molar-refractivity contribution in [2.24, 2.45) is 5.92 Å². The van der Waals surface area contributed by atoms with Gasteiger partial charge in [0.1, 0.15) is 23.5 Å². The Kier molecular flexibility index (Phi) is 10.2. The minimum atomic E-state index is -1.25. The number of piperidine rings is 2. The maximum absolute atomic E-state index is 15.7. The Hall–Kier alpha value is -3.96. The van der Waals surface area contributed by atoms with Gasteiger partial charge in [0, 0.05) is 55.8 Å². The molecule has 2 amide bonds. The standard InChI is InChI=1S/C39H48F2N6O3/c1-24(2)34-10-11-35(44-43-34)26-4-8-30(9-5-26)50-37-20-31(32(40)19-27(37)22-47-21-25(3)18-38(47)48)39(49)42-36-14-17-46(23-33(36)41)29-12-15-45(16-13-29)28-6-7-28/h4-5,8-11,19-20,24-25,28-29,33,36H,6-7,12-18,21-23H2,1-3H3,(H,42,49)/t25-,33?,36?/m0/s1. The lowest BCUT2D eigenvalue weighted by Gasteiger charge is -2.43. The summed E-state index contributed by atoms with van der Waals surface area (Å²) in [6, 6.07) is 14.2. The Balaban J connectivity index is 1.05. The summed E-state index contributed by atoms with van der Waals surface area (Å²) in [6.07, 6.45) is 4.34. The lowest BCUT2D eigenvalue weighted by atomic mass is 9.96. The van der Waals surface area contributed by atoms with Crippen LogP contribution in [0.15, 0.2) is 48.5 Å². The van der Waals surface area contributed by atoms with E-state index in [2.05, 4.69) is 39.2 Å². The van der Waals surface area contributed by atoms with Gasteiger partial charge in [-0.25, -0.2) is 8.78 Å². The monoisotopic (exact) mass is 686 g/mol. The molecule has 3 aromatic rings. The van der Waals surface area contributed by atoms with E-state index in [9.17, 15) is 9.59 Å². The smallest absolute Gasteiger partial charge is 0.254 e. The second kappa shape index (κ2) is 14.7. The Morgan fingerprint density at radius 2 is 1.66 bits per heavy atom. The first-order valence-electron chi connectivity index (χ1n) is 18.3. The summed E-state index contributed by atoms with van der Waals surface area (Å²) in [5, 5.41) is 11.5. The number of ether oxygens (including phenoxy) is 1. The van der Waals surface area contributed by atoms with E-state index in [0.29, 0.717) is 43.3 Å². The van der Waals surface area contributed by atoms with E-state index in [-0.39, 0.29) is 42.1 Å². The van der Waals surface area contributed by atoms with Crippen molar-refractivity contribution in [1.82, 2.24) is 30.2 Å². The first-order valence-corrected chi connectivity index (χ1v) is 18.3. The molecule has 266 valence electrons. The lowest BCUT2D eigenvalue weighted by molar-refractivity contribution is -0.128. The number of benzene rings is 2. The average Bonchev–Trinajstić information content (AvgIpc) is 3.91. The Morgan fingerprint density at radius 1 is 0.940 bits per heavy atom.